The van der Waals surface area contributed by atoms with Gasteiger partial charge in [-0.05, 0) is 6.92 Å². The summed E-state index contributed by atoms with van der Waals surface area (Å²) in [6.07, 6.45) is 1.35. The molecule has 0 aliphatic heterocycles. The van der Waals surface area contributed by atoms with Crippen LogP contribution in [0, 0.1) is 0 Å². The van der Waals surface area contributed by atoms with E-state index in [1.54, 1.807) is 6.92 Å². The van der Waals surface area contributed by atoms with Gasteiger partial charge < -0.3 is 9.67 Å². The van der Waals surface area contributed by atoms with E-state index in [-0.39, 0.29) is 0 Å². The molecule has 0 aliphatic carbocycles. The number of hydrogen-bond donors (Lipinski definition) is 1. The molecule has 0 saturated heterocycles. The summed E-state index contributed by atoms with van der Waals surface area (Å²) in [5.74, 6) is -1.21. The van der Waals surface area contributed by atoms with E-state index in [2.05, 4.69) is 0 Å². The Morgan fingerprint density at radius 3 is 2.64 bits per heavy atom. The lowest BCUT2D eigenvalue weighted by atomic mass is 10.5. The lowest BCUT2D eigenvalue weighted by Crippen LogP contribution is -2.40. The minimum atomic E-state index is -1.21. The van der Waals surface area contributed by atoms with E-state index in [4.69, 9.17) is 5.11 Å². The predicted molar refractivity (Wildman–Crippen MR) is 48.3 cm³/mol. The lowest BCUT2D eigenvalue weighted by molar-refractivity contribution is -0.137. The highest BCUT2D eigenvalue weighted by Crippen LogP contribution is 1.78. The lowest BCUT2D eigenvalue weighted by Gasteiger charge is -2.04. The van der Waals surface area contributed by atoms with Crippen molar-refractivity contribution in [2.45, 2.75) is 20.0 Å². The van der Waals surface area contributed by atoms with Gasteiger partial charge in [0.2, 0.25) is 0 Å². The molecule has 1 aromatic rings. The summed E-state index contributed by atoms with van der Waals surface area (Å²) in [4.78, 5) is 32.9. The molecule has 0 aromatic carbocycles. The van der Waals surface area contributed by atoms with Crippen LogP contribution in [0.4, 0.5) is 0 Å². The zero-order valence-corrected chi connectivity index (χ0v) is 7.64. The fourth-order valence-corrected chi connectivity index (χ4v) is 1.08. The molecule has 0 bridgehead atoms. The molecule has 0 unspecified atom stereocenters. The first kappa shape index (κ1) is 10.2. The highest BCUT2D eigenvalue weighted by Gasteiger charge is 2.07. The van der Waals surface area contributed by atoms with Crippen LogP contribution in [0.3, 0.4) is 0 Å². The Bertz CT molecular complexity index is 457. The molecule has 1 heterocycles. The van der Waals surface area contributed by atoms with Crippen molar-refractivity contribution < 1.29 is 9.90 Å². The summed E-state index contributed by atoms with van der Waals surface area (Å²) in [5.41, 5.74) is -1.19. The molecule has 0 spiro atoms. The maximum Gasteiger partial charge on any atom is 0.331 e. The average molecular weight is 198 g/mol. The quantitative estimate of drug-likeness (QED) is 0.683. The summed E-state index contributed by atoms with van der Waals surface area (Å²) in [5, 5.41) is 8.47. The van der Waals surface area contributed by atoms with Gasteiger partial charge in [0.25, 0.3) is 5.56 Å². The van der Waals surface area contributed by atoms with Crippen molar-refractivity contribution in [1.82, 2.24) is 9.13 Å². The van der Waals surface area contributed by atoms with Crippen LogP contribution in [0.5, 0.6) is 0 Å². The van der Waals surface area contributed by atoms with Crippen molar-refractivity contribution >= 4 is 5.97 Å². The molecule has 1 aromatic heterocycles. The predicted octanol–water partition coefficient (Wildman–Crippen LogP) is -0.886. The van der Waals surface area contributed by atoms with Gasteiger partial charge >= 0.3 is 11.7 Å². The van der Waals surface area contributed by atoms with Crippen LogP contribution in [-0.2, 0) is 17.9 Å². The minimum absolute atomic E-state index is 0.402. The van der Waals surface area contributed by atoms with Crippen molar-refractivity contribution in [2.75, 3.05) is 0 Å². The topological polar surface area (TPSA) is 81.3 Å². The second-order valence-corrected chi connectivity index (χ2v) is 2.70. The fourth-order valence-electron chi connectivity index (χ4n) is 1.08. The zero-order chi connectivity index (χ0) is 10.7. The summed E-state index contributed by atoms with van der Waals surface area (Å²) in [6, 6.07) is 1.17. The monoisotopic (exact) mass is 198 g/mol. The van der Waals surface area contributed by atoms with Crippen LogP contribution in [-0.4, -0.2) is 20.2 Å². The molecular formula is C8H10N2O4. The third-order valence-electron chi connectivity index (χ3n) is 1.77. The van der Waals surface area contributed by atoms with Crippen LogP contribution in [0.25, 0.3) is 0 Å². The first-order valence-electron chi connectivity index (χ1n) is 4.08. The van der Waals surface area contributed by atoms with Crippen molar-refractivity contribution in [3.8, 4) is 0 Å². The van der Waals surface area contributed by atoms with Crippen LogP contribution in [0.1, 0.15) is 6.92 Å². The van der Waals surface area contributed by atoms with Gasteiger partial charge in [0.05, 0.1) is 0 Å². The summed E-state index contributed by atoms with van der Waals surface area (Å²) in [6.45, 7) is 1.54. The molecule has 0 atom stereocenters. The first-order chi connectivity index (χ1) is 6.56. The van der Waals surface area contributed by atoms with Crippen molar-refractivity contribution in [3.63, 3.8) is 0 Å². The molecule has 1 rings (SSSR count). The van der Waals surface area contributed by atoms with E-state index in [0.29, 0.717) is 11.1 Å². The standard InChI is InChI=1S/C8H10N2O4/c1-2-9-4-3-6(11)10(8(9)14)5-7(12)13/h3-4H,2,5H2,1H3,(H,12,13). The molecule has 0 amide bonds. The second-order valence-electron chi connectivity index (χ2n) is 2.70. The Morgan fingerprint density at radius 2 is 2.14 bits per heavy atom. The number of hydrogen-bond acceptors (Lipinski definition) is 3. The maximum atomic E-state index is 11.4. The molecule has 6 heteroatoms. The highest BCUT2D eigenvalue weighted by atomic mass is 16.4. The molecule has 6 nitrogen and oxygen atoms in total. The smallest absolute Gasteiger partial charge is 0.331 e. The summed E-state index contributed by atoms with van der Waals surface area (Å²) < 4.78 is 1.95. The number of carbonyl (C=O) groups is 1. The van der Waals surface area contributed by atoms with Gasteiger partial charge in [0.15, 0.2) is 0 Å². The van der Waals surface area contributed by atoms with Gasteiger partial charge in [-0.3, -0.25) is 9.59 Å². The summed E-state index contributed by atoms with van der Waals surface area (Å²) >= 11 is 0. The zero-order valence-electron chi connectivity index (χ0n) is 7.64. The van der Waals surface area contributed by atoms with Crippen LogP contribution in [0.2, 0.25) is 0 Å². The van der Waals surface area contributed by atoms with Gasteiger partial charge in [-0.25, -0.2) is 9.36 Å². The molecule has 0 radical (unpaired) electrons. The van der Waals surface area contributed by atoms with Gasteiger partial charge in [-0.1, -0.05) is 0 Å². The Kier molecular flexibility index (Phi) is 2.85. The normalized spacial score (nSPS) is 10.1. The van der Waals surface area contributed by atoms with Gasteiger partial charge in [0.1, 0.15) is 6.54 Å². The third-order valence-corrected chi connectivity index (χ3v) is 1.77. The number of aromatic nitrogens is 2. The molecular weight excluding hydrogens is 188 g/mol. The third kappa shape index (κ3) is 1.90. The Hall–Kier alpha value is -1.85. The number of nitrogens with zero attached hydrogens (tertiary/aromatic N) is 2. The number of rotatable bonds is 3. The largest absolute Gasteiger partial charge is 0.480 e. The molecule has 0 saturated carbocycles. The molecule has 0 fully saturated rings. The van der Waals surface area contributed by atoms with Crippen molar-refractivity contribution in [1.29, 1.82) is 0 Å². The molecule has 0 aliphatic rings. The van der Waals surface area contributed by atoms with Crippen molar-refractivity contribution in [2.24, 2.45) is 0 Å². The van der Waals surface area contributed by atoms with Crippen LogP contribution < -0.4 is 11.2 Å². The Labute approximate surface area is 79.0 Å². The number of aliphatic carboxylic acids is 1. The summed E-state index contributed by atoms with van der Waals surface area (Å²) in [7, 11) is 0. The highest BCUT2D eigenvalue weighted by molar-refractivity contribution is 5.66. The van der Waals surface area contributed by atoms with E-state index < -0.39 is 23.8 Å². The minimum Gasteiger partial charge on any atom is -0.480 e. The Balaban J connectivity index is 3.33. The molecule has 14 heavy (non-hydrogen) atoms. The number of aryl methyl sites for hydroxylation is 1. The van der Waals surface area contributed by atoms with E-state index in [9.17, 15) is 14.4 Å². The Morgan fingerprint density at radius 1 is 1.50 bits per heavy atom. The van der Waals surface area contributed by atoms with E-state index in [1.807, 2.05) is 0 Å². The van der Waals surface area contributed by atoms with Gasteiger partial charge in [-0.2, -0.15) is 0 Å². The SMILES string of the molecule is CCn1ccc(=O)n(CC(=O)O)c1=O. The van der Waals surface area contributed by atoms with E-state index >= 15 is 0 Å². The average Bonchev–Trinajstić information content (AvgIpc) is 2.12. The molecule has 1 N–H and O–H groups in total. The van der Waals surface area contributed by atoms with E-state index in [0.717, 1.165) is 0 Å². The van der Waals surface area contributed by atoms with Crippen molar-refractivity contribution in [3.05, 3.63) is 33.1 Å². The van der Waals surface area contributed by atoms with Gasteiger partial charge in [0, 0.05) is 18.8 Å². The van der Waals surface area contributed by atoms with E-state index in [1.165, 1.54) is 16.8 Å². The first-order valence-corrected chi connectivity index (χ1v) is 4.08. The molecule has 76 valence electrons. The second kappa shape index (κ2) is 3.91. The fraction of sp³-hybridized carbons (Fsp3) is 0.375. The maximum absolute atomic E-state index is 11.4. The number of carboxylic acids is 1. The van der Waals surface area contributed by atoms with Crippen LogP contribution in [0.15, 0.2) is 21.9 Å². The number of carboxylic acid groups (broad SMARTS) is 1. The van der Waals surface area contributed by atoms with Crippen LogP contribution >= 0.6 is 0 Å². The van der Waals surface area contributed by atoms with Gasteiger partial charge in [-0.15, -0.1) is 0 Å².